The molecule has 6 nitrogen and oxygen atoms in total. The molecule has 0 fully saturated rings. The standard InChI is InChI=1S/C76H132O6/c1-4-7-10-13-16-19-22-25-28-30-32-34-36-37-38-39-41-42-44-46-48-51-54-57-60-63-66-69-75(78)81-72-73(71-80-74(77)68-65-62-59-56-53-50-27-24-21-18-15-12-9-6-3)82-76(79)70-67-64-61-58-55-52-49-47-45-43-40-35-33-31-29-26-23-20-17-14-11-8-5-2/h8,11,17,20,22,24-27,29-30,32-33,35-37,73H,4-7,9-10,12-16,18-19,21,23,28,31,34,38-72H2,1-3H3/b11-8-,20-17-,25-22-,27-24-,29-26-,32-30-,35-33-,37-36-. The number of ether oxygens (including phenoxy) is 3. The van der Waals surface area contributed by atoms with Crippen LogP contribution in [0.4, 0.5) is 0 Å². The maximum absolute atomic E-state index is 13.0. The minimum atomic E-state index is -0.786. The van der Waals surface area contributed by atoms with Crippen molar-refractivity contribution in [3.63, 3.8) is 0 Å². The predicted molar refractivity (Wildman–Crippen MR) is 357 cm³/mol. The Hall–Kier alpha value is -3.67. The second-order valence-corrected chi connectivity index (χ2v) is 23.4. The first kappa shape index (κ1) is 78.3. The van der Waals surface area contributed by atoms with Crippen molar-refractivity contribution in [1.29, 1.82) is 0 Å². The third-order valence-electron chi connectivity index (χ3n) is 15.3. The highest BCUT2D eigenvalue weighted by Crippen LogP contribution is 2.17. The van der Waals surface area contributed by atoms with Crippen molar-refractivity contribution in [2.45, 2.75) is 354 Å². The van der Waals surface area contributed by atoms with E-state index in [0.717, 1.165) is 103 Å². The summed E-state index contributed by atoms with van der Waals surface area (Å²) in [5.41, 5.74) is 0. The van der Waals surface area contributed by atoms with Crippen molar-refractivity contribution < 1.29 is 28.6 Å². The number of hydrogen-bond donors (Lipinski definition) is 0. The van der Waals surface area contributed by atoms with E-state index >= 15 is 0 Å². The zero-order valence-electron chi connectivity index (χ0n) is 54.2. The Kier molecular flexibility index (Phi) is 66.7. The molecule has 1 atom stereocenters. The van der Waals surface area contributed by atoms with Gasteiger partial charge < -0.3 is 14.2 Å². The van der Waals surface area contributed by atoms with E-state index in [0.29, 0.717) is 19.3 Å². The van der Waals surface area contributed by atoms with Crippen LogP contribution in [0.2, 0.25) is 0 Å². The quantitative estimate of drug-likeness (QED) is 0.0261. The number of hydrogen-bond acceptors (Lipinski definition) is 6. The van der Waals surface area contributed by atoms with Crippen LogP contribution in [0.1, 0.15) is 348 Å². The highest BCUT2D eigenvalue weighted by atomic mass is 16.6. The van der Waals surface area contributed by atoms with E-state index in [-0.39, 0.29) is 31.1 Å². The molecule has 0 N–H and O–H groups in total. The molecular formula is C76H132O6. The molecule has 0 bridgehead atoms. The van der Waals surface area contributed by atoms with Crippen LogP contribution in [0.15, 0.2) is 97.2 Å². The summed E-state index contributed by atoms with van der Waals surface area (Å²) in [6.45, 7) is 6.53. The van der Waals surface area contributed by atoms with Gasteiger partial charge in [-0.1, -0.05) is 304 Å². The number of allylic oxidation sites excluding steroid dienone is 16. The average molecular weight is 1140 g/mol. The first-order chi connectivity index (χ1) is 40.5. The fourth-order valence-corrected chi connectivity index (χ4v) is 10.0. The lowest BCUT2D eigenvalue weighted by molar-refractivity contribution is -0.167. The Balaban J connectivity index is 4.31. The zero-order chi connectivity index (χ0) is 59.2. The van der Waals surface area contributed by atoms with Crippen molar-refractivity contribution in [3.8, 4) is 0 Å². The lowest BCUT2D eigenvalue weighted by atomic mass is 10.0. The molecule has 0 aromatic heterocycles. The summed E-state index contributed by atoms with van der Waals surface area (Å²) in [6, 6.07) is 0. The van der Waals surface area contributed by atoms with Gasteiger partial charge in [0.15, 0.2) is 6.10 Å². The number of unbranched alkanes of at least 4 members (excludes halogenated alkanes) is 37. The van der Waals surface area contributed by atoms with Gasteiger partial charge >= 0.3 is 17.9 Å². The number of carbonyl (C=O) groups excluding carboxylic acids is 3. The third kappa shape index (κ3) is 67.1. The van der Waals surface area contributed by atoms with E-state index in [1.807, 2.05) is 0 Å². The summed E-state index contributed by atoms with van der Waals surface area (Å²) < 4.78 is 17.0. The normalized spacial score (nSPS) is 12.7. The van der Waals surface area contributed by atoms with Crippen molar-refractivity contribution >= 4 is 17.9 Å². The van der Waals surface area contributed by atoms with Crippen molar-refractivity contribution in [3.05, 3.63) is 97.2 Å². The Morgan fingerprint density at radius 3 is 0.756 bits per heavy atom. The molecule has 472 valence electrons. The Bertz CT molecular complexity index is 1590. The van der Waals surface area contributed by atoms with Crippen LogP contribution in [0.3, 0.4) is 0 Å². The van der Waals surface area contributed by atoms with Gasteiger partial charge in [0.05, 0.1) is 0 Å². The van der Waals surface area contributed by atoms with Crippen LogP contribution in [0, 0.1) is 0 Å². The van der Waals surface area contributed by atoms with Crippen LogP contribution < -0.4 is 0 Å². The highest BCUT2D eigenvalue weighted by Gasteiger charge is 2.19. The number of rotatable bonds is 64. The van der Waals surface area contributed by atoms with E-state index in [1.54, 1.807) is 0 Å². The molecule has 0 rings (SSSR count). The van der Waals surface area contributed by atoms with E-state index < -0.39 is 6.10 Å². The Morgan fingerprint density at radius 1 is 0.256 bits per heavy atom. The van der Waals surface area contributed by atoms with Crippen molar-refractivity contribution in [2.24, 2.45) is 0 Å². The first-order valence-corrected chi connectivity index (χ1v) is 35.2. The minimum Gasteiger partial charge on any atom is -0.462 e. The molecule has 0 aliphatic carbocycles. The van der Waals surface area contributed by atoms with Crippen LogP contribution in [0.5, 0.6) is 0 Å². The molecule has 0 amide bonds. The molecule has 82 heavy (non-hydrogen) atoms. The van der Waals surface area contributed by atoms with Gasteiger partial charge in [-0.3, -0.25) is 14.4 Å². The van der Waals surface area contributed by atoms with Gasteiger partial charge in [-0.25, -0.2) is 0 Å². The molecule has 0 aromatic rings. The van der Waals surface area contributed by atoms with Gasteiger partial charge in [0.2, 0.25) is 0 Å². The molecule has 0 saturated heterocycles. The molecule has 0 spiro atoms. The Morgan fingerprint density at radius 2 is 0.476 bits per heavy atom. The summed E-state index contributed by atoms with van der Waals surface area (Å²) in [5, 5.41) is 0. The van der Waals surface area contributed by atoms with Crippen LogP contribution >= 0.6 is 0 Å². The van der Waals surface area contributed by atoms with Gasteiger partial charge in [0, 0.05) is 19.3 Å². The second-order valence-electron chi connectivity index (χ2n) is 23.4. The van der Waals surface area contributed by atoms with Gasteiger partial charge in [-0.2, -0.15) is 0 Å². The largest absolute Gasteiger partial charge is 0.462 e. The van der Waals surface area contributed by atoms with E-state index in [9.17, 15) is 14.4 Å². The Labute approximate surface area is 508 Å². The molecule has 1 unspecified atom stereocenters. The molecule has 0 aliphatic rings. The first-order valence-electron chi connectivity index (χ1n) is 35.2. The van der Waals surface area contributed by atoms with Gasteiger partial charge in [0.25, 0.3) is 0 Å². The van der Waals surface area contributed by atoms with E-state index in [2.05, 4.69) is 118 Å². The predicted octanol–water partition coefficient (Wildman–Crippen LogP) is 24.4. The molecule has 0 heterocycles. The number of esters is 3. The van der Waals surface area contributed by atoms with Gasteiger partial charge in [-0.05, 0) is 122 Å². The lowest BCUT2D eigenvalue weighted by Crippen LogP contribution is -2.30. The average Bonchev–Trinajstić information content (AvgIpc) is 3.47. The second kappa shape index (κ2) is 69.8. The summed E-state index contributed by atoms with van der Waals surface area (Å²) in [5.74, 6) is -0.881. The molecule has 0 radical (unpaired) electrons. The van der Waals surface area contributed by atoms with Gasteiger partial charge in [0.1, 0.15) is 13.2 Å². The summed E-state index contributed by atoms with van der Waals surface area (Å²) >= 11 is 0. The van der Waals surface area contributed by atoms with E-state index in [4.69, 9.17) is 14.2 Å². The SMILES string of the molecule is CC/C=C\C/C=C\C/C=C\C/C=C\CCCCCCCCCCCCC(=O)OC(COC(=O)CCCCCCC/C=C\CCCCCCC)COC(=O)CCCCCCCCCCCCCC/C=C\C/C=C\C/C=C\CCCCCCC. The maximum Gasteiger partial charge on any atom is 0.306 e. The monoisotopic (exact) mass is 1140 g/mol. The highest BCUT2D eigenvalue weighted by molar-refractivity contribution is 5.71. The topological polar surface area (TPSA) is 78.9 Å². The zero-order valence-corrected chi connectivity index (χ0v) is 54.2. The summed E-state index contributed by atoms with van der Waals surface area (Å²) in [7, 11) is 0. The maximum atomic E-state index is 13.0. The molecule has 0 aliphatic heterocycles. The lowest BCUT2D eigenvalue weighted by Gasteiger charge is -2.18. The van der Waals surface area contributed by atoms with Crippen LogP contribution in [-0.2, 0) is 28.6 Å². The minimum absolute atomic E-state index is 0.0811. The molecule has 6 heteroatoms. The van der Waals surface area contributed by atoms with E-state index in [1.165, 1.54) is 205 Å². The summed E-state index contributed by atoms with van der Waals surface area (Å²) in [6.07, 6.45) is 94.3. The molecule has 0 aromatic carbocycles. The van der Waals surface area contributed by atoms with Crippen LogP contribution in [0.25, 0.3) is 0 Å². The fraction of sp³-hybridized carbons (Fsp3) is 0.750. The van der Waals surface area contributed by atoms with Crippen LogP contribution in [-0.4, -0.2) is 37.2 Å². The molecular weight excluding hydrogens is 1010 g/mol. The number of carbonyl (C=O) groups is 3. The third-order valence-corrected chi connectivity index (χ3v) is 15.3. The molecule has 0 saturated carbocycles. The summed E-state index contributed by atoms with van der Waals surface area (Å²) in [4.78, 5) is 38.4. The van der Waals surface area contributed by atoms with Crippen molar-refractivity contribution in [1.82, 2.24) is 0 Å². The van der Waals surface area contributed by atoms with Gasteiger partial charge in [-0.15, -0.1) is 0 Å². The van der Waals surface area contributed by atoms with Crippen molar-refractivity contribution in [2.75, 3.05) is 13.2 Å². The fourth-order valence-electron chi connectivity index (χ4n) is 10.0. The smallest absolute Gasteiger partial charge is 0.306 e.